The first-order valence-electron chi connectivity index (χ1n) is 7.40. The summed E-state index contributed by atoms with van der Waals surface area (Å²) >= 11 is 0. The minimum Gasteiger partial charge on any atom is -0.341 e. The van der Waals surface area contributed by atoms with Gasteiger partial charge in [-0.2, -0.15) is 0 Å². The average molecular weight is 314 g/mol. The fraction of sp³-hybridized carbons (Fsp3) is 0.278. The number of amides is 1. The number of Topliss-reactive ketones (excluding diaryl/α,β-unsaturated/α-hetero) is 1. The van der Waals surface area contributed by atoms with E-state index in [4.69, 9.17) is 0 Å². The summed E-state index contributed by atoms with van der Waals surface area (Å²) in [4.78, 5) is 30.0. The normalized spacial score (nSPS) is 11.8. The number of aromatic nitrogens is 1. The van der Waals surface area contributed by atoms with Crippen LogP contribution < -0.4 is 0 Å². The van der Waals surface area contributed by atoms with Gasteiger partial charge in [-0.1, -0.05) is 19.1 Å². The van der Waals surface area contributed by atoms with E-state index in [1.807, 2.05) is 12.1 Å². The lowest BCUT2D eigenvalue weighted by Crippen LogP contribution is -2.29. The van der Waals surface area contributed by atoms with E-state index < -0.39 is 11.7 Å². The Hall–Kier alpha value is -2.56. The van der Waals surface area contributed by atoms with Crippen molar-refractivity contribution in [3.63, 3.8) is 0 Å². The van der Waals surface area contributed by atoms with Gasteiger partial charge in [-0.15, -0.1) is 0 Å². The summed E-state index contributed by atoms with van der Waals surface area (Å²) < 4.78 is 13.2. The Morgan fingerprint density at radius 1 is 1.22 bits per heavy atom. The molecule has 2 aromatic rings. The molecule has 0 aliphatic rings. The van der Waals surface area contributed by atoms with Crippen LogP contribution in [-0.2, 0) is 11.3 Å². The molecule has 0 radical (unpaired) electrons. The van der Waals surface area contributed by atoms with E-state index >= 15 is 0 Å². The van der Waals surface area contributed by atoms with E-state index in [1.54, 1.807) is 37.3 Å². The van der Waals surface area contributed by atoms with Crippen molar-refractivity contribution in [2.24, 2.45) is 5.92 Å². The van der Waals surface area contributed by atoms with Crippen LogP contribution in [0.15, 0.2) is 48.8 Å². The molecule has 1 heterocycles. The van der Waals surface area contributed by atoms with Gasteiger partial charge >= 0.3 is 0 Å². The van der Waals surface area contributed by atoms with Gasteiger partial charge < -0.3 is 4.90 Å². The molecule has 1 atom stereocenters. The summed E-state index contributed by atoms with van der Waals surface area (Å²) in [5.74, 6) is -1.30. The molecule has 2 rings (SSSR count). The maximum Gasteiger partial charge on any atom is 0.223 e. The van der Waals surface area contributed by atoms with Gasteiger partial charge in [0.2, 0.25) is 5.91 Å². The molecule has 0 aliphatic heterocycles. The predicted molar refractivity (Wildman–Crippen MR) is 85.2 cm³/mol. The summed E-state index contributed by atoms with van der Waals surface area (Å²) in [6, 6.07) is 9.22. The fourth-order valence-electron chi connectivity index (χ4n) is 2.29. The molecule has 5 heteroatoms. The Morgan fingerprint density at radius 3 is 2.57 bits per heavy atom. The lowest BCUT2D eigenvalue weighted by atomic mass is 9.96. The van der Waals surface area contributed by atoms with Gasteiger partial charge in [0.25, 0.3) is 0 Å². The molecule has 4 nitrogen and oxygen atoms in total. The number of halogens is 1. The van der Waals surface area contributed by atoms with Crippen LogP contribution in [0.5, 0.6) is 0 Å². The Balaban J connectivity index is 1.95. The van der Waals surface area contributed by atoms with Crippen molar-refractivity contribution >= 4 is 11.7 Å². The molecule has 0 bridgehead atoms. The van der Waals surface area contributed by atoms with Crippen molar-refractivity contribution in [1.82, 2.24) is 9.88 Å². The van der Waals surface area contributed by atoms with Crippen molar-refractivity contribution in [1.29, 1.82) is 0 Å². The SMILES string of the molecule is CC(CC(=O)N(C)Cc1ccncc1)C(=O)c1cccc(F)c1. The summed E-state index contributed by atoms with van der Waals surface area (Å²) in [5.41, 5.74) is 1.27. The molecule has 0 fully saturated rings. The minimum absolute atomic E-state index is 0.0942. The molecule has 1 aromatic heterocycles. The van der Waals surface area contributed by atoms with E-state index in [-0.39, 0.29) is 18.1 Å². The van der Waals surface area contributed by atoms with Crippen LogP contribution in [0, 0.1) is 11.7 Å². The summed E-state index contributed by atoms with van der Waals surface area (Å²) in [7, 11) is 1.70. The third kappa shape index (κ3) is 4.71. The molecule has 0 saturated heterocycles. The maximum atomic E-state index is 13.2. The van der Waals surface area contributed by atoms with Crippen molar-refractivity contribution in [2.45, 2.75) is 19.9 Å². The molecular formula is C18H19FN2O2. The molecule has 1 amide bonds. The Kier molecular flexibility index (Phi) is 5.57. The number of hydrogen-bond acceptors (Lipinski definition) is 3. The van der Waals surface area contributed by atoms with E-state index in [9.17, 15) is 14.0 Å². The number of pyridine rings is 1. The smallest absolute Gasteiger partial charge is 0.223 e. The number of hydrogen-bond donors (Lipinski definition) is 0. The predicted octanol–water partition coefficient (Wildman–Crippen LogP) is 3.09. The van der Waals surface area contributed by atoms with Gasteiger partial charge in [-0.3, -0.25) is 14.6 Å². The zero-order valence-electron chi connectivity index (χ0n) is 13.2. The van der Waals surface area contributed by atoms with Crippen molar-refractivity contribution in [3.05, 3.63) is 65.7 Å². The van der Waals surface area contributed by atoms with Crippen molar-refractivity contribution < 1.29 is 14.0 Å². The van der Waals surface area contributed by atoms with Gasteiger partial charge in [0.15, 0.2) is 5.78 Å². The largest absolute Gasteiger partial charge is 0.341 e. The minimum atomic E-state index is -0.496. The molecule has 0 N–H and O–H groups in total. The fourth-order valence-corrected chi connectivity index (χ4v) is 2.29. The van der Waals surface area contributed by atoms with Crippen LogP contribution >= 0.6 is 0 Å². The second-order valence-electron chi connectivity index (χ2n) is 5.59. The Labute approximate surface area is 135 Å². The monoisotopic (exact) mass is 314 g/mol. The van der Waals surface area contributed by atoms with Crippen LogP contribution in [0.4, 0.5) is 4.39 Å². The third-order valence-corrected chi connectivity index (χ3v) is 3.63. The van der Waals surface area contributed by atoms with E-state index in [0.717, 1.165) is 5.56 Å². The first-order chi connectivity index (χ1) is 11.0. The molecule has 120 valence electrons. The van der Waals surface area contributed by atoms with Crippen LogP contribution in [0.25, 0.3) is 0 Å². The number of benzene rings is 1. The Bertz CT molecular complexity index is 688. The molecule has 1 aromatic carbocycles. The number of ketones is 1. The first kappa shape index (κ1) is 16.8. The standard InChI is InChI=1S/C18H19FN2O2/c1-13(18(23)15-4-3-5-16(19)11-15)10-17(22)21(2)12-14-6-8-20-9-7-14/h3-9,11,13H,10,12H2,1-2H3. The highest BCUT2D eigenvalue weighted by Crippen LogP contribution is 2.15. The highest BCUT2D eigenvalue weighted by Gasteiger charge is 2.21. The zero-order chi connectivity index (χ0) is 16.8. The van der Waals surface area contributed by atoms with Gasteiger partial charge in [0.05, 0.1) is 0 Å². The molecular weight excluding hydrogens is 295 g/mol. The topological polar surface area (TPSA) is 50.3 Å². The van der Waals surface area contributed by atoms with Gasteiger partial charge in [0, 0.05) is 43.9 Å². The van der Waals surface area contributed by atoms with Crippen molar-refractivity contribution in [3.8, 4) is 0 Å². The number of carbonyl (C=O) groups is 2. The van der Waals surface area contributed by atoms with E-state index in [1.165, 1.54) is 18.2 Å². The third-order valence-electron chi connectivity index (χ3n) is 3.63. The van der Waals surface area contributed by atoms with Crippen LogP contribution in [0.1, 0.15) is 29.3 Å². The van der Waals surface area contributed by atoms with Crippen LogP contribution in [-0.4, -0.2) is 28.6 Å². The number of nitrogens with zero attached hydrogens (tertiary/aromatic N) is 2. The lowest BCUT2D eigenvalue weighted by molar-refractivity contribution is -0.131. The summed E-state index contributed by atoms with van der Waals surface area (Å²) in [5, 5.41) is 0. The summed E-state index contributed by atoms with van der Waals surface area (Å²) in [6.07, 6.45) is 3.43. The second-order valence-corrected chi connectivity index (χ2v) is 5.59. The van der Waals surface area contributed by atoms with Crippen LogP contribution in [0.3, 0.4) is 0 Å². The molecule has 23 heavy (non-hydrogen) atoms. The second kappa shape index (κ2) is 7.63. The molecule has 1 unspecified atom stereocenters. The lowest BCUT2D eigenvalue weighted by Gasteiger charge is -2.19. The van der Waals surface area contributed by atoms with E-state index in [0.29, 0.717) is 12.1 Å². The zero-order valence-corrected chi connectivity index (χ0v) is 13.2. The average Bonchev–Trinajstić information content (AvgIpc) is 2.54. The highest BCUT2D eigenvalue weighted by molar-refractivity contribution is 5.99. The Morgan fingerprint density at radius 2 is 1.91 bits per heavy atom. The van der Waals surface area contributed by atoms with E-state index in [2.05, 4.69) is 4.98 Å². The molecule has 0 saturated carbocycles. The molecule has 0 spiro atoms. The number of carbonyl (C=O) groups excluding carboxylic acids is 2. The highest BCUT2D eigenvalue weighted by atomic mass is 19.1. The van der Waals surface area contributed by atoms with Gasteiger partial charge in [-0.05, 0) is 29.8 Å². The summed E-state index contributed by atoms with van der Waals surface area (Å²) in [6.45, 7) is 2.15. The van der Waals surface area contributed by atoms with Crippen molar-refractivity contribution in [2.75, 3.05) is 7.05 Å². The first-order valence-corrected chi connectivity index (χ1v) is 7.40. The maximum absolute atomic E-state index is 13.2. The molecule has 0 aliphatic carbocycles. The van der Waals surface area contributed by atoms with Gasteiger partial charge in [-0.25, -0.2) is 4.39 Å². The quantitative estimate of drug-likeness (QED) is 0.770. The van der Waals surface area contributed by atoms with Gasteiger partial charge in [0.1, 0.15) is 5.82 Å². The number of rotatable bonds is 6. The van der Waals surface area contributed by atoms with Crippen LogP contribution in [0.2, 0.25) is 0 Å².